The van der Waals surface area contributed by atoms with Crippen molar-refractivity contribution in [2.45, 2.75) is 96.2 Å². The van der Waals surface area contributed by atoms with E-state index in [1.807, 2.05) is 24.9 Å². The molecule has 1 N–H and O–H groups in total. The van der Waals surface area contributed by atoms with Crippen molar-refractivity contribution >= 4 is 5.91 Å². The molecule has 6 nitrogen and oxygen atoms in total. The summed E-state index contributed by atoms with van der Waals surface area (Å²) in [5, 5.41) is 10.8. The number of benzene rings is 1. The molecule has 3 aliphatic carbocycles. The molecule has 4 fully saturated rings. The lowest BCUT2D eigenvalue weighted by molar-refractivity contribution is -0.0893. The number of aromatic hydroxyl groups is 1. The molecule has 4 aliphatic rings. The van der Waals surface area contributed by atoms with Crippen LogP contribution in [0.15, 0.2) is 41.3 Å². The first-order valence-electron chi connectivity index (χ1n) is 15.3. The Labute approximate surface area is 233 Å². The van der Waals surface area contributed by atoms with E-state index in [-0.39, 0.29) is 28.3 Å². The first-order valence-corrected chi connectivity index (χ1v) is 15.3. The monoisotopic (exact) mass is 531 g/mol. The second kappa shape index (κ2) is 9.79. The fraction of sp³-hybridized carbons (Fsp3) is 0.636. The molecule has 1 saturated heterocycles. The van der Waals surface area contributed by atoms with Crippen molar-refractivity contribution in [1.82, 2.24) is 14.4 Å². The van der Waals surface area contributed by atoms with Crippen LogP contribution >= 0.6 is 0 Å². The average Bonchev–Trinajstić information content (AvgIpc) is 3.74. The van der Waals surface area contributed by atoms with Crippen LogP contribution in [0.5, 0.6) is 5.75 Å². The molecule has 5 unspecified atom stereocenters. The molecule has 1 amide bonds. The van der Waals surface area contributed by atoms with Crippen molar-refractivity contribution in [2.75, 3.05) is 20.1 Å². The molecule has 39 heavy (non-hydrogen) atoms. The highest BCUT2D eigenvalue weighted by molar-refractivity contribution is 5.94. The SMILES string of the molecule is CCc1ccc(O)cc1C12CCN(CC3CC3)C(C)C13CCC(N(C)C(=O)c1ccc(=O)n(CC)c1)C2CC3. The van der Waals surface area contributed by atoms with Crippen LogP contribution in [0.4, 0.5) is 0 Å². The minimum atomic E-state index is -0.0724. The normalized spacial score (nSPS) is 32.2. The van der Waals surface area contributed by atoms with Crippen LogP contribution in [0, 0.1) is 17.3 Å². The topological polar surface area (TPSA) is 65.8 Å². The van der Waals surface area contributed by atoms with Crippen LogP contribution in [-0.2, 0) is 18.4 Å². The van der Waals surface area contributed by atoms with E-state index in [0.29, 0.717) is 29.8 Å². The number of aryl methyl sites for hydroxylation is 2. The third-order valence-corrected chi connectivity index (χ3v) is 11.4. The Morgan fingerprint density at radius 1 is 1.08 bits per heavy atom. The van der Waals surface area contributed by atoms with Crippen molar-refractivity contribution < 1.29 is 9.90 Å². The minimum Gasteiger partial charge on any atom is -0.508 e. The molecular weight excluding hydrogens is 486 g/mol. The summed E-state index contributed by atoms with van der Waals surface area (Å²) in [7, 11) is 1.97. The fourth-order valence-corrected chi connectivity index (χ4v) is 9.31. The Kier molecular flexibility index (Phi) is 6.68. The van der Waals surface area contributed by atoms with Gasteiger partial charge in [0.15, 0.2) is 0 Å². The molecule has 1 aromatic carbocycles. The second-order valence-electron chi connectivity index (χ2n) is 12.9. The van der Waals surface area contributed by atoms with Crippen molar-refractivity contribution in [3.63, 3.8) is 0 Å². The number of aromatic nitrogens is 1. The number of amides is 1. The fourth-order valence-electron chi connectivity index (χ4n) is 9.31. The summed E-state index contributed by atoms with van der Waals surface area (Å²) < 4.78 is 1.61. The minimum absolute atomic E-state index is 0.00240. The zero-order chi connectivity index (χ0) is 27.5. The van der Waals surface area contributed by atoms with Gasteiger partial charge in [-0.2, -0.15) is 0 Å². The van der Waals surface area contributed by atoms with E-state index in [4.69, 9.17) is 0 Å². The summed E-state index contributed by atoms with van der Waals surface area (Å²) in [6, 6.07) is 9.89. The molecule has 1 aliphatic heterocycles. The first-order chi connectivity index (χ1) is 18.8. The van der Waals surface area contributed by atoms with Gasteiger partial charge in [-0.05, 0) is 118 Å². The molecule has 3 saturated carbocycles. The maximum atomic E-state index is 13.9. The third kappa shape index (κ3) is 4.00. The number of pyridine rings is 1. The van der Waals surface area contributed by atoms with Gasteiger partial charge < -0.3 is 14.6 Å². The van der Waals surface area contributed by atoms with Crippen molar-refractivity contribution in [2.24, 2.45) is 17.3 Å². The number of carbonyl (C=O) groups is 1. The van der Waals surface area contributed by atoms with E-state index in [1.54, 1.807) is 16.8 Å². The Hall–Kier alpha value is -2.60. The first kappa shape index (κ1) is 26.6. The van der Waals surface area contributed by atoms with Crippen molar-refractivity contribution in [3.8, 4) is 5.75 Å². The number of likely N-dealkylation sites (tertiary alicyclic amines) is 1. The number of rotatable bonds is 7. The molecule has 0 spiro atoms. The van der Waals surface area contributed by atoms with Crippen LogP contribution in [0.1, 0.15) is 87.2 Å². The summed E-state index contributed by atoms with van der Waals surface area (Å²) in [4.78, 5) is 30.9. The predicted octanol–water partition coefficient (Wildman–Crippen LogP) is 5.21. The van der Waals surface area contributed by atoms with E-state index >= 15 is 0 Å². The smallest absolute Gasteiger partial charge is 0.255 e. The summed E-state index contributed by atoms with van der Waals surface area (Å²) in [5.74, 6) is 1.57. The van der Waals surface area contributed by atoms with Gasteiger partial charge in [0.25, 0.3) is 11.5 Å². The number of piperidine rings is 1. The van der Waals surface area contributed by atoms with Gasteiger partial charge in [0, 0.05) is 49.9 Å². The molecule has 2 bridgehead atoms. The van der Waals surface area contributed by atoms with Crippen LogP contribution in [-0.4, -0.2) is 57.6 Å². The number of carbonyl (C=O) groups excluding carboxylic acids is 1. The maximum absolute atomic E-state index is 13.9. The van der Waals surface area contributed by atoms with Gasteiger partial charge in [0.1, 0.15) is 5.75 Å². The van der Waals surface area contributed by atoms with Crippen molar-refractivity contribution in [1.29, 1.82) is 0 Å². The zero-order valence-electron chi connectivity index (χ0n) is 24.2. The highest BCUT2D eigenvalue weighted by atomic mass is 16.3. The van der Waals surface area contributed by atoms with Gasteiger partial charge in [0.2, 0.25) is 0 Å². The molecule has 2 heterocycles. The quantitative estimate of drug-likeness (QED) is 0.533. The van der Waals surface area contributed by atoms with E-state index < -0.39 is 0 Å². The predicted molar refractivity (Wildman–Crippen MR) is 154 cm³/mol. The Morgan fingerprint density at radius 3 is 2.56 bits per heavy atom. The van der Waals surface area contributed by atoms with Crippen LogP contribution in [0.3, 0.4) is 0 Å². The Bertz CT molecular complexity index is 1320. The Balaban J connectivity index is 1.42. The largest absolute Gasteiger partial charge is 0.508 e. The van der Waals surface area contributed by atoms with E-state index in [1.165, 1.54) is 43.0 Å². The lowest BCUT2D eigenvalue weighted by Gasteiger charge is -2.64. The van der Waals surface area contributed by atoms with Crippen LogP contribution in [0.25, 0.3) is 0 Å². The molecule has 6 rings (SSSR count). The lowest BCUT2D eigenvalue weighted by Crippen LogP contribution is -2.67. The number of hydrogen-bond donors (Lipinski definition) is 1. The van der Waals surface area contributed by atoms with Gasteiger partial charge in [-0.1, -0.05) is 13.0 Å². The molecule has 210 valence electrons. The van der Waals surface area contributed by atoms with Gasteiger partial charge in [0.05, 0.1) is 5.56 Å². The van der Waals surface area contributed by atoms with Gasteiger partial charge >= 0.3 is 0 Å². The van der Waals surface area contributed by atoms with Gasteiger partial charge in [-0.15, -0.1) is 0 Å². The molecule has 0 radical (unpaired) electrons. The number of hydrogen-bond acceptors (Lipinski definition) is 4. The van der Waals surface area contributed by atoms with Crippen LogP contribution in [0.2, 0.25) is 0 Å². The third-order valence-electron chi connectivity index (χ3n) is 11.4. The number of phenolic OH excluding ortho intramolecular Hbond substituents is 1. The molecule has 5 atom stereocenters. The van der Waals surface area contributed by atoms with Gasteiger partial charge in [-0.3, -0.25) is 14.5 Å². The summed E-state index contributed by atoms with van der Waals surface area (Å²) >= 11 is 0. The lowest BCUT2D eigenvalue weighted by atomic mass is 9.46. The maximum Gasteiger partial charge on any atom is 0.255 e. The van der Waals surface area contributed by atoms with Crippen LogP contribution < -0.4 is 5.56 Å². The highest BCUT2D eigenvalue weighted by Gasteiger charge is 2.69. The summed E-state index contributed by atoms with van der Waals surface area (Å²) in [6.45, 7) is 9.50. The summed E-state index contributed by atoms with van der Waals surface area (Å²) in [6.07, 6.45) is 10.9. The van der Waals surface area contributed by atoms with E-state index in [0.717, 1.165) is 44.6 Å². The summed E-state index contributed by atoms with van der Waals surface area (Å²) in [5.41, 5.74) is 3.29. The number of phenols is 1. The number of nitrogens with zero attached hydrogens (tertiary/aromatic N) is 3. The zero-order valence-corrected chi connectivity index (χ0v) is 24.2. The van der Waals surface area contributed by atoms with E-state index in [2.05, 4.69) is 30.9 Å². The second-order valence-corrected chi connectivity index (χ2v) is 12.9. The Morgan fingerprint density at radius 2 is 1.85 bits per heavy atom. The van der Waals surface area contributed by atoms with Gasteiger partial charge in [-0.25, -0.2) is 0 Å². The van der Waals surface area contributed by atoms with Crippen molar-refractivity contribution in [3.05, 3.63) is 63.6 Å². The standard InChI is InChI=1S/C33H45N3O3/c1-5-24-9-11-26(37)19-28(24)33-17-18-36(20-23-7-8-23)22(3)32(33)15-13-27(33)29(14-16-32)34(4)31(39)25-10-12-30(38)35(6-2)21-25/h9-12,19,21-23,27,29,37H,5-8,13-18,20H2,1-4H3. The highest BCUT2D eigenvalue weighted by Crippen LogP contribution is 2.70. The molecule has 1 aromatic heterocycles. The molecule has 6 heteroatoms. The molecule has 2 aromatic rings. The molecular formula is C33H45N3O3. The average molecular weight is 532 g/mol. The van der Waals surface area contributed by atoms with E-state index in [9.17, 15) is 14.7 Å².